The molecule has 0 radical (unpaired) electrons. The zero-order valence-corrected chi connectivity index (χ0v) is 32.2. The van der Waals surface area contributed by atoms with Gasteiger partial charge in [-0.25, -0.2) is 27.2 Å². The maximum atomic E-state index is 14.6. The van der Waals surface area contributed by atoms with Crippen LogP contribution in [0.5, 0.6) is 0 Å². The Bertz CT molecular complexity index is 1730. The molecule has 1 atom stereocenters. The summed E-state index contributed by atoms with van der Waals surface area (Å²) in [7, 11) is 0. The molecule has 0 aromatic rings. The lowest BCUT2D eigenvalue weighted by atomic mass is 9.81. The van der Waals surface area contributed by atoms with Crippen molar-refractivity contribution >= 4 is 12.2 Å². The van der Waals surface area contributed by atoms with Crippen LogP contribution in [0.4, 0.5) is 150 Å². The largest absolute Gasteiger partial charge is 0.465 e. The van der Waals surface area contributed by atoms with Gasteiger partial charge in [0.1, 0.15) is 0 Å². The van der Waals surface area contributed by atoms with Gasteiger partial charge in [0.2, 0.25) is 0 Å². The second-order valence-electron chi connectivity index (χ2n) is 15.1. The molecule has 400 valence electrons. The fraction of sp³-hybridized carbons (Fsp3) is 0.931. The minimum absolute atomic E-state index is 0.590. The number of carbonyl (C=O) groups is 2. The quantitative estimate of drug-likeness (QED) is 0.0893. The average Bonchev–Trinajstić information content (AvgIpc) is 3.11. The van der Waals surface area contributed by atoms with Crippen molar-refractivity contribution in [1.82, 2.24) is 9.80 Å². The molecule has 0 aromatic carbocycles. The molecule has 1 unspecified atom stereocenters. The fourth-order valence-electron chi connectivity index (χ4n) is 5.45. The average molecular weight is 1070 g/mol. The van der Waals surface area contributed by atoms with E-state index in [4.69, 9.17) is 5.11 Å². The van der Waals surface area contributed by atoms with Gasteiger partial charge in [0.15, 0.2) is 0 Å². The van der Waals surface area contributed by atoms with Gasteiger partial charge in [-0.2, -0.15) is 123 Å². The minimum Gasteiger partial charge on any atom is -0.465 e. The van der Waals surface area contributed by atoms with Crippen LogP contribution in [0, 0.1) is 11.3 Å². The summed E-state index contributed by atoms with van der Waals surface area (Å²) in [6.45, 7) is -9.02. The molecule has 0 spiro atoms. The van der Waals surface area contributed by atoms with Crippen LogP contribution in [0.3, 0.4) is 0 Å². The molecule has 67 heavy (non-hydrogen) atoms. The fourth-order valence-corrected chi connectivity index (χ4v) is 5.45. The van der Waals surface area contributed by atoms with Crippen molar-refractivity contribution < 1.29 is 160 Å². The first-order valence-corrected chi connectivity index (χ1v) is 16.6. The summed E-state index contributed by atoms with van der Waals surface area (Å²) in [4.78, 5) is 20.7. The summed E-state index contributed by atoms with van der Waals surface area (Å²) in [5.74, 6) is -118. The molecule has 2 N–H and O–H groups in total. The molecule has 0 saturated heterocycles. The molecule has 0 bridgehead atoms. The van der Waals surface area contributed by atoms with Crippen molar-refractivity contribution in [2.24, 2.45) is 11.3 Å². The van der Waals surface area contributed by atoms with Crippen LogP contribution in [0.1, 0.15) is 33.6 Å². The Balaban J connectivity index is 6.57. The SMILES string of the molecule is CC(CCN(CC(F)(F)C(F)(F)C(F)(F)C(F)(F)C(F)(F)C(F)(F)C(F)(F)C(F)F)C(=O)O)CC(C)(C)CN(CC(F)(F)C(F)(F)C(F)(F)C(F)(F)C(F)(F)C(F)(F)C(F)(F)C(F)F)C(=O)O. The Kier molecular flexibility index (Phi) is 17.2. The zero-order valence-electron chi connectivity index (χ0n) is 32.2. The van der Waals surface area contributed by atoms with Crippen LogP contribution in [0.15, 0.2) is 0 Å². The third kappa shape index (κ3) is 10.2. The molecule has 0 aromatic heterocycles. The van der Waals surface area contributed by atoms with Crippen LogP contribution in [-0.2, 0) is 0 Å². The van der Waals surface area contributed by atoms with Gasteiger partial charge in [0.05, 0.1) is 13.1 Å². The lowest BCUT2D eigenvalue weighted by molar-refractivity contribution is -0.447. The summed E-state index contributed by atoms with van der Waals surface area (Å²) in [5.41, 5.74) is -2.29. The predicted molar refractivity (Wildman–Crippen MR) is 153 cm³/mol. The standard InChI is InChI=1S/C29H26F32N2O4/c1-10(4-5-62(13(64)65)8-16(34,35)20(42,43)24(50,51)28(58,59)26(54,55)22(46,47)18(38,39)11(30)31)6-15(2,3)7-63(14(66)67)9-17(36,37)21(44,45)25(52,53)29(60,61)27(56,57)23(48,49)19(40,41)12(32)33/h10-12H,4-9H2,1-3H3,(H,64,65)(H,66,67). The van der Waals surface area contributed by atoms with Crippen LogP contribution >= 0.6 is 0 Å². The number of alkyl halides is 32. The predicted octanol–water partition coefficient (Wildman–Crippen LogP) is 12.8. The first-order chi connectivity index (χ1) is 28.8. The van der Waals surface area contributed by atoms with Crippen molar-refractivity contribution in [3.63, 3.8) is 0 Å². The highest BCUT2D eigenvalue weighted by atomic mass is 19.4. The molecule has 0 aliphatic heterocycles. The monoisotopic (exact) mass is 1070 g/mol. The summed E-state index contributed by atoms with van der Waals surface area (Å²) in [6, 6.07) is 0. The van der Waals surface area contributed by atoms with Gasteiger partial charge < -0.3 is 20.0 Å². The first kappa shape index (κ1) is 63.3. The molecule has 6 nitrogen and oxygen atoms in total. The summed E-state index contributed by atoms with van der Waals surface area (Å²) < 4.78 is 438. The highest BCUT2D eigenvalue weighted by Gasteiger charge is 2.95. The molecule has 0 fully saturated rings. The summed E-state index contributed by atoms with van der Waals surface area (Å²) in [6.07, 6.45) is -20.6. The van der Waals surface area contributed by atoms with Gasteiger partial charge >= 0.3 is 108 Å². The van der Waals surface area contributed by atoms with E-state index >= 15 is 0 Å². The number of hydrogen-bond donors (Lipinski definition) is 2. The van der Waals surface area contributed by atoms with Crippen molar-refractivity contribution in [3.8, 4) is 0 Å². The third-order valence-corrected chi connectivity index (χ3v) is 9.19. The Labute approximate surface area is 350 Å². The minimum atomic E-state index is -8.86. The van der Waals surface area contributed by atoms with Crippen LogP contribution in [0.2, 0.25) is 0 Å². The van der Waals surface area contributed by atoms with Gasteiger partial charge in [-0.3, -0.25) is 0 Å². The maximum absolute atomic E-state index is 14.6. The highest BCUT2D eigenvalue weighted by molar-refractivity contribution is 5.65. The highest BCUT2D eigenvalue weighted by Crippen LogP contribution is 2.65. The molecule has 0 rings (SSSR count). The smallest absolute Gasteiger partial charge is 0.407 e. The number of rotatable bonds is 25. The van der Waals surface area contributed by atoms with Crippen molar-refractivity contribution in [2.45, 2.75) is 129 Å². The number of nitrogens with zero attached hydrogens (tertiary/aromatic N) is 2. The van der Waals surface area contributed by atoms with E-state index in [9.17, 15) is 155 Å². The topological polar surface area (TPSA) is 81.1 Å². The molecular formula is C29H26F32N2O4. The van der Waals surface area contributed by atoms with Gasteiger partial charge in [-0.15, -0.1) is 0 Å². The molecule has 0 saturated carbocycles. The van der Waals surface area contributed by atoms with Gasteiger partial charge in [0.25, 0.3) is 0 Å². The van der Waals surface area contributed by atoms with Crippen molar-refractivity contribution in [1.29, 1.82) is 0 Å². The van der Waals surface area contributed by atoms with Gasteiger partial charge in [0, 0.05) is 13.1 Å². The summed E-state index contributed by atoms with van der Waals surface area (Å²) >= 11 is 0. The molecule has 38 heteroatoms. The Hall–Kier alpha value is -3.70. The van der Waals surface area contributed by atoms with E-state index in [1.807, 2.05) is 0 Å². The van der Waals surface area contributed by atoms with Crippen LogP contribution in [-0.4, -0.2) is 154 Å². The molecule has 0 aliphatic carbocycles. The maximum Gasteiger partial charge on any atom is 0.407 e. The van der Waals surface area contributed by atoms with E-state index in [1.54, 1.807) is 0 Å². The second-order valence-corrected chi connectivity index (χ2v) is 15.1. The summed E-state index contributed by atoms with van der Waals surface area (Å²) in [5, 5.41) is 18.3. The number of hydrogen-bond acceptors (Lipinski definition) is 2. The van der Waals surface area contributed by atoms with E-state index < -0.39 is 168 Å². The number of carboxylic acid groups (broad SMARTS) is 2. The van der Waals surface area contributed by atoms with E-state index in [0.717, 1.165) is 0 Å². The zero-order chi connectivity index (χ0) is 54.8. The van der Waals surface area contributed by atoms with Crippen LogP contribution < -0.4 is 0 Å². The first-order valence-electron chi connectivity index (χ1n) is 16.6. The van der Waals surface area contributed by atoms with Gasteiger partial charge in [-0.05, 0) is 24.2 Å². The number of amides is 2. The van der Waals surface area contributed by atoms with Crippen molar-refractivity contribution in [3.05, 3.63) is 0 Å². The Morgan fingerprint density at radius 2 is 0.642 bits per heavy atom. The van der Waals surface area contributed by atoms with E-state index in [-0.39, 0.29) is 0 Å². The normalized spacial score (nSPS) is 16.2. The van der Waals surface area contributed by atoms with Gasteiger partial charge in [-0.1, -0.05) is 20.8 Å². The van der Waals surface area contributed by atoms with E-state index in [1.165, 1.54) is 0 Å². The van der Waals surface area contributed by atoms with E-state index in [2.05, 4.69) is 0 Å². The van der Waals surface area contributed by atoms with Crippen LogP contribution in [0.25, 0.3) is 0 Å². The van der Waals surface area contributed by atoms with E-state index in [0.29, 0.717) is 20.8 Å². The molecule has 0 heterocycles. The lowest BCUT2D eigenvalue weighted by Gasteiger charge is -2.43. The lowest BCUT2D eigenvalue weighted by Crippen LogP contribution is -2.74. The number of halogens is 32. The second kappa shape index (κ2) is 18.2. The van der Waals surface area contributed by atoms with Crippen molar-refractivity contribution in [2.75, 3.05) is 26.2 Å². The molecule has 0 aliphatic rings. The molecular weight excluding hydrogens is 1050 g/mol. The Morgan fingerprint density at radius 3 is 0.896 bits per heavy atom. The third-order valence-electron chi connectivity index (χ3n) is 9.19. The molecule has 2 amide bonds. The Morgan fingerprint density at radius 1 is 0.403 bits per heavy atom.